The number of nitrogens with zero attached hydrogens (tertiary/aromatic N) is 1. The number of carbonyl (C=O) groups is 1. The van der Waals surface area contributed by atoms with E-state index in [4.69, 9.17) is 28.5 Å². The summed E-state index contributed by atoms with van der Waals surface area (Å²) in [5.41, 5.74) is 14.9. The first-order valence-electron chi connectivity index (χ1n) is 13.8. The van der Waals surface area contributed by atoms with Crippen LogP contribution >= 0.6 is 23.4 Å². The van der Waals surface area contributed by atoms with Crippen molar-refractivity contribution < 1.29 is 4.79 Å². The molecule has 8 heteroatoms. The van der Waals surface area contributed by atoms with Crippen LogP contribution < -0.4 is 16.8 Å². The number of nitrogens with two attached hydrogens (primary N) is 2. The van der Waals surface area contributed by atoms with Gasteiger partial charge in [0.25, 0.3) is 5.91 Å². The van der Waals surface area contributed by atoms with E-state index in [1.165, 1.54) is 0 Å². The molecule has 1 aromatic heterocycles. The minimum Gasteiger partial charge on any atom is -0.384 e. The van der Waals surface area contributed by atoms with Gasteiger partial charge in [0.2, 0.25) is 0 Å². The summed E-state index contributed by atoms with van der Waals surface area (Å²) in [6.45, 7) is 0.381. The summed E-state index contributed by atoms with van der Waals surface area (Å²) in [5, 5.41) is 14.9. The van der Waals surface area contributed by atoms with E-state index >= 15 is 0 Å². The summed E-state index contributed by atoms with van der Waals surface area (Å²) in [4.78, 5) is 15.8. The number of aromatic nitrogens is 1. The molecule has 1 amide bonds. The zero-order valence-electron chi connectivity index (χ0n) is 22.6. The summed E-state index contributed by atoms with van der Waals surface area (Å²) >= 11 is 8.81. The van der Waals surface area contributed by atoms with Crippen molar-refractivity contribution in [2.45, 2.75) is 54.1 Å². The van der Waals surface area contributed by atoms with Crippen LogP contribution in [-0.2, 0) is 6.54 Å². The molecule has 0 atom stereocenters. The van der Waals surface area contributed by atoms with Crippen LogP contribution in [0, 0.1) is 5.41 Å². The van der Waals surface area contributed by atoms with E-state index in [1.54, 1.807) is 11.8 Å². The summed E-state index contributed by atoms with van der Waals surface area (Å²) in [7, 11) is 0. The SMILES string of the molecule is N=C(N)c1ccc2cc(C(=O)NC3CCC(N)CC3)n(Cc3c(Cl)c(Sc4ccccc4)cc4ccccc34)c2c1. The van der Waals surface area contributed by atoms with Gasteiger partial charge in [-0.05, 0) is 72.4 Å². The molecule has 5 aromatic rings. The molecule has 0 saturated heterocycles. The van der Waals surface area contributed by atoms with Crippen LogP contribution in [0.4, 0.5) is 0 Å². The first-order chi connectivity index (χ1) is 19.9. The number of amidine groups is 1. The monoisotopic (exact) mass is 581 g/mol. The summed E-state index contributed by atoms with van der Waals surface area (Å²) in [6.07, 6.45) is 3.56. The van der Waals surface area contributed by atoms with Crippen LogP contribution in [0.25, 0.3) is 21.7 Å². The number of fused-ring (bicyclic) bond motifs is 2. The molecule has 1 aliphatic rings. The average molecular weight is 582 g/mol. The molecule has 6 nitrogen and oxygen atoms in total. The van der Waals surface area contributed by atoms with E-state index in [0.717, 1.165) is 62.7 Å². The molecule has 0 bridgehead atoms. The average Bonchev–Trinajstić information content (AvgIpc) is 3.34. The van der Waals surface area contributed by atoms with Gasteiger partial charge in [0.1, 0.15) is 11.5 Å². The van der Waals surface area contributed by atoms with Gasteiger partial charge >= 0.3 is 0 Å². The Hall–Kier alpha value is -3.78. The van der Waals surface area contributed by atoms with Gasteiger partial charge in [-0.3, -0.25) is 10.2 Å². The Morgan fingerprint density at radius 2 is 1.68 bits per heavy atom. The van der Waals surface area contributed by atoms with Crippen molar-refractivity contribution in [2.75, 3.05) is 0 Å². The topological polar surface area (TPSA) is 110 Å². The molecule has 1 aliphatic carbocycles. The number of nitrogens with one attached hydrogen (secondary N) is 2. The number of hydrogen-bond acceptors (Lipinski definition) is 4. The maximum atomic E-state index is 13.8. The van der Waals surface area contributed by atoms with Gasteiger partial charge < -0.3 is 21.4 Å². The van der Waals surface area contributed by atoms with Crippen molar-refractivity contribution in [1.29, 1.82) is 5.41 Å². The fraction of sp³-hybridized carbons (Fsp3) is 0.212. The van der Waals surface area contributed by atoms with Crippen molar-refractivity contribution in [1.82, 2.24) is 9.88 Å². The Kier molecular flexibility index (Phi) is 7.75. The zero-order valence-corrected chi connectivity index (χ0v) is 24.1. The van der Waals surface area contributed by atoms with Crippen molar-refractivity contribution in [2.24, 2.45) is 11.5 Å². The molecule has 208 valence electrons. The lowest BCUT2D eigenvalue weighted by atomic mass is 9.92. The second-order valence-corrected chi connectivity index (χ2v) is 12.2. The number of benzene rings is 4. The molecule has 4 aromatic carbocycles. The van der Waals surface area contributed by atoms with Crippen molar-refractivity contribution in [3.8, 4) is 0 Å². The highest BCUT2D eigenvalue weighted by Crippen LogP contribution is 2.40. The molecule has 0 spiro atoms. The molecular weight excluding hydrogens is 550 g/mol. The normalized spacial score (nSPS) is 17.1. The molecule has 1 fully saturated rings. The van der Waals surface area contributed by atoms with Gasteiger partial charge in [0.05, 0.1) is 11.6 Å². The van der Waals surface area contributed by atoms with Gasteiger partial charge in [-0.15, -0.1) is 0 Å². The highest BCUT2D eigenvalue weighted by molar-refractivity contribution is 7.99. The number of hydrogen-bond donors (Lipinski definition) is 4. The molecule has 0 aliphatic heterocycles. The fourth-order valence-electron chi connectivity index (χ4n) is 5.68. The second-order valence-electron chi connectivity index (χ2n) is 10.7. The molecule has 6 rings (SSSR count). The number of rotatable bonds is 7. The molecule has 0 unspecified atom stereocenters. The van der Waals surface area contributed by atoms with Gasteiger partial charge in [-0.1, -0.05) is 78.0 Å². The maximum absolute atomic E-state index is 13.8. The minimum atomic E-state index is -0.124. The number of halogens is 1. The van der Waals surface area contributed by atoms with Crippen molar-refractivity contribution >= 4 is 56.8 Å². The van der Waals surface area contributed by atoms with E-state index in [-0.39, 0.29) is 23.8 Å². The first-order valence-corrected chi connectivity index (χ1v) is 15.0. The minimum absolute atomic E-state index is 0.0195. The lowest BCUT2D eigenvalue weighted by molar-refractivity contribution is 0.0917. The van der Waals surface area contributed by atoms with Crippen molar-refractivity contribution in [3.05, 3.63) is 107 Å². The third-order valence-corrected chi connectivity index (χ3v) is 9.49. The standard InChI is InChI=1S/C33H32ClN5OS/c34-31-27(26-9-5-4-6-20(26)18-30(31)41-25-7-2-1-3-8-25)19-39-28-17-22(32(36)37)11-10-21(28)16-29(39)33(40)38-24-14-12-23(35)13-15-24/h1-11,16-18,23-24H,12-15,19,35H2,(H3,36,37)(H,38,40). The zero-order chi connectivity index (χ0) is 28.5. The van der Waals surface area contributed by atoms with Crippen LogP contribution in [0.15, 0.2) is 94.7 Å². The van der Waals surface area contributed by atoms with Crippen LogP contribution in [0.5, 0.6) is 0 Å². The predicted octanol–water partition coefficient (Wildman–Crippen LogP) is 6.93. The molecular formula is C33H32ClN5OS. The summed E-state index contributed by atoms with van der Waals surface area (Å²) in [6, 6.07) is 28.3. The van der Waals surface area contributed by atoms with E-state index in [0.29, 0.717) is 22.8 Å². The number of nitrogen functional groups attached to an aromatic ring is 1. The van der Waals surface area contributed by atoms with Crippen LogP contribution in [0.1, 0.15) is 47.3 Å². The van der Waals surface area contributed by atoms with E-state index in [9.17, 15) is 4.79 Å². The van der Waals surface area contributed by atoms with Crippen LogP contribution in [0.3, 0.4) is 0 Å². The lowest BCUT2D eigenvalue weighted by Gasteiger charge is -2.27. The first kappa shape index (κ1) is 27.4. The van der Waals surface area contributed by atoms with Crippen LogP contribution in [0.2, 0.25) is 5.02 Å². The third-order valence-electron chi connectivity index (χ3n) is 7.90. The predicted molar refractivity (Wildman–Crippen MR) is 169 cm³/mol. The summed E-state index contributed by atoms with van der Waals surface area (Å²) < 4.78 is 2.01. The lowest BCUT2D eigenvalue weighted by Crippen LogP contribution is -2.41. The number of carbonyl (C=O) groups excluding carboxylic acids is 1. The van der Waals surface area contributed by atoms with Crippen LogP contribution in [-0.4, -0.2) is 28.4 Å². The fourth-order valence-corrected chi connectivity index (χ4v) is 6.95. The van der Waals surface area contributed by atoms with Gasteiger partial charge in [-0.25, -0.2) is 0 Å². The van der Waals surface area contributed by atoms with Gasteiger partial charge in [-0.2, -0.15) is 0 Å². The van der Waals surface area contributed by atoms with Gasteiger partial charge in [0.15, 0.2) is 0 Å². The number of amides is 1. The Morgan fingerprint density at radius 1 is 0.951 bits per heavy atom. The second kappa shape index (κ2) is 11.6. The quantitative estimate of drug-likeness (QED) is 0.123. The van der Waals surface area contributed by atoms with E-state index < -0.39 is 0 Å². The van der Waals surface area contributed by atoms with Gasteiger partial charge in [0, 0.05) is 38.3 Å². The Bertz CT molecular complexity index is 1760. The largest absolute Gasteiger partial charge is 0.384 e. The Morgan fingerprint density at radius 3 is 2.44 bits per heavy atom. The Labute approximate surface area is 248 Å². The van der Waals surface area contributed by atoms with E-state index in [1.807, 2.05) is 59.2 Å². The molecule has 41 heavy (non-hydrogen) atoms. The molecule has 0 radical (unpaired) electrons. The Balaban J connectivity index is 1.47. The molecule has 6 N–H and O–H groups in total. The molecule has 1 saturated carbocycles. The van der Waals surface area contributed by atoms with Crippen molar-refractivity contribution in [3.63, 3.8) is 0 Å². The summed E-state index contributed by atoms with van der Waals surface area (Å²) in [5.74, 6) is -0.143. The van der Waals surface area contributed by atoms with E-state index in [2.05, 4.69) is 35.6 Å². The maximum Gasteiger partial charge on any atom is 0.268 e. The highest BCUT2D eigenvalue weighted by atomic mass is 35.5. The molecule has 1 heterocycles. The smallest absolute Gasteiger partial charge is 0.268 e. The highest BCUT2D eigenvalue weighted by Gasteiger charge is 2.24. The third kappa shape index (κ3) is 5.71.